The standard InChI is InChI=1S/C17H30O/c1-11-9-13(18)5-6-14(11)15-10-12-7-8-17(15,4)16(12,2)3/h11-15,18H,5-10H2,1-4H3/t11?,12-,13?,14?,15+,17+/m0/s1. The van der Waals surface area contributed by atoms with Gasteiger partial charge in [-0.15, -0.1) is 0 Å². The second-order valence-corrected chi connectivity index (χ2v) is 8.32. The van der Waals surface area contributed by atoms with Crippen LogP contribution in [0.15, 0.2) is 0 Å². The van der Waals surface area contributed by atoms with E-state index in [9.17, 15) is 5.11 Å². The summed E-state index contributed by atoms with van der Waals surface area (Å²) in [5, 5.41) is 9.84. The van der Waals surface area contributed by atoms with Gasteiger partial charge in [-0.25, -0.2) is 0 Å². The predicted molar refractivity (Wildman–Crippen MR) is 75.2 cm³/mol. The van der Waals surface area contributed by atoms with Crippen LogP contribution in [-0.4, -0.2) is 11.2 Å². The van der Waals surface area contributed by atoms with E-state index in [0.717, 1.165) is 36.5 Å². The van der Waals surface area contributed by atoms with Gasteiger partial charge in [0.05, 0.1) is 6.10 Å². The molecule has 6 atom stereocenters. The van der Waals surface area contributed by atoms with Crippen LogP contribution in [0.25, 0.3) is 0 Å². The van der Waals surface area contributed by atoms with Crippen LogP contribution in [0.1, 0.15) is 66.2 Å². The van der Waals surface area contributed by atoms with Gasteiger partial charge in [0.1, 0.15) is 0 Å². The summed E-state index contributed by atoms with van der Waals surface area (Å²) in [5.41, 5.74) is 1.12. The lowest BCUT2D eigenvalue weighted by Crippen LogP contribution is -2.40. The largest absolute Gasteiger partial charge is 0.393 e. The van der Waals surface area contributed by atoms with Crippen LogP contribution in [-0.2, 0) is 0 Å². The van der Waals surface area contributed by atoms with E-state index in [-0.39, 0.29) is 6.10 Å². The molecule has 3 unspecified atom stereocenters. The smallest absolute Gasteiger partial charge is 0.0543 e. The number of hydrogen-bond acceptors (Lipinski definition) is 1. The molecule has 1 nitrogen and oxygen atoms in total. The lowest BCUT2D eigenvalue weighted by Gasteiger charge is -2.46. The molecule has 0 aromatic rings. The summed E-state index contributed by atoms with van der Waals surface area (Å²) in [5.74, 6) is 3.49. The van der Waals surface area contributed by atoms with E-state index in [1.165, 1.54) is 25.7 Å². The van der Waals surface area contributed by atoms with E-state index in [2.05, 4.69) is 27.7 Å². The van der Waals surface area contributed by atoms with Gasteiger partial charge in [-0.3, -0.25) is 0 Å². The Bertz CT molecular complexity index is 335. The van der Waals surface area contributed by atoms with Gasteiger partial charge in [-0.2, -0.15) is 0 Å². The van der Waals surface area contributed by atoms with Gasteiger partial charge in [0.25, 0.3) is 0 Å². The molecule has 0 heterocycles. The van der Waals surface area contributed by atoms with E-state index in [1.54, 1.807) is 0 Å². The Morgan fingerprint density at radius 1 is 1.00 bits per heavy atom. The first kappa shape index (κ1) is 13.0. The average Bonchev–Trinajstić information content (AvgIpc) is 2.61. The van der Waals surface area contributed by atoms with Crippen LogP contribution in [0.3, 0.4) is 0 Å². The fourth-order valence-electron chi connectivity index (χ4n) is 5.90. The third-order valence-electron chi connectivity index (χ3n) is 7.59. The minimum atomic E-state index is -0.0179. The first-order valence-corrected chi connectivity index (χ1v) is 8.04. The highest BCUT2D eigenvalue weighted by molar-refractivity contribution is 5.11. The zero-order valence-electron chi connectivity index (χ0n) is 12.6. The molecule has 0 radical (unpaired) electrons. The number of hydrogen-bond donors (Lipinski definition) is 1. The molecule has 104 valence electrons. The molecule has 3 saturated carbocycles. The Labute approximate surface area is 112 Å². The SMILES string of the molecule is CC1CC(O)CCC1[C@H]1C[C@@H]2CC[C@@]1(C)C2(C)C. The molecule has 0 aliphatic heterocycles. The summed E-state index contributed by atoms with van der Waals surface area (Å²) >= 11 is 0. The third-order valence-corrected chi connectivity index (χ3v) is 7.59. The van der Waals surface area contributed by atoms with Crippen molar-refractivity contribution in [1.29, 1.82) is 0 Å². The van der Waals surface area contributed by atoms with Crippen molar-refractivity contribution in [2.75, 3.05) is 0 Å². The zero-order chi connectivity index (χ0) is 13.1. The van der Waals surface area contributed by atoms with E-state index >= 15 is 0 Å². The molecule has 3 aliphatic rings. The Morgan fingerprint density at radius 3 is 2.22 bits per heavy atom. The van der Waals surface area contributed by atoms with Crippen LogP contribution in [0.5, 0.6) is 0 Å². The lowest BCUT2D eigenvalue weighted by atomic mass is 9.59. The first-order valence-electron chi connectivity index (χ1n) is 8.04. The van der Waals surface area contributed by atoms with Crippen molar-refractivity contribution in [3.63, 3.8) is 0 Å². The highest BCUT2D eigenvalue weighted by Gasteiger charge is 2.62. The lowest BCUT2D eigenvalue weighted by molar-refractivity contribution is -0.00215. The minimum absolute atomic E-state index is 0.0179. The molecule has 3 fully saturated rings. The fourth-order valence-corrected chi connectivity index (χ4v) is 5.90. The van der Waals surface area contributed by atoms with Crippen molar-refractivity contribution in [2.24, 2.45) is 34.5 Å². The Morgan fingerprint density at radius 2 is 1.72 bits per heavy atom. The molecule has 0 aromatic heterocycles. The average molecular weight is 250 g/mol. The molecule has 0 aromatic carbocycles. The molecule has 1 heteroatoms. The maximum Gasteiger partial charge on any atom is 0.0543 e. The van der Waals surface area contributed by atoms with Crippen LogP contribution < -0.4 is 0 Å². The quantitative estimate of drug-likeness (QED) is 0.738. The minimum Gasteiger partial charge on any atom is -0.393 e. The molecule has 0 spiro atoms. The second kappa shape index (κ2) is 3.98. The second-order valence-electron chi connectivity index (χ2n) is 8.32. The molecule has 2 bridgehead atoms. The Hall–Kier alpha value is -0.0400. The Kier molecular flexibility index (Phi) is 2.86. The molecular weight excluding hydrogens is 220 g/mol. The normalized spacial score (nSPS) is 54.8. The Balaban J connectivity index is 1.83. The topological polar surface area (TPSA) is 20.2 Å². The van der Waals surface area contributed by atoms with Gasteiger partial charge in [0, 0.05) is 0 Å². The molecule has 0 amide bonds. The van der Waals surface area contributed by atoms with Gasteiger partial charge in [0.15, 0.2) is 0 Å². The molecule has 0 saturated heterocycles. The first-order chi connectivity index (χ1) is 8.36. The van der Waals surface area contributed by atoms with Gasteiger partial charge in [0.2, 0.25) is 0 Å². The maximum atomic E-state index is 9.84. The summed E-state index contributed by atoms with van der Waals surface area (Å²) in [7, 11) is 0. The van der Waals surface area contributed by atoms with E-state index in [1.807, 2.05) is 0 Å². The highest BCUT2D eigenvalue weighted by Crippen LogP contribution is 2.70. The van der Waals surface area contributed by atoms with Crippen molar-refractivity contribution >= 4 is 0 Å². The number of aliphatic hydroxyl groups excluding tert-OH is 1. The van der Waals surface area contributed by atoms with Gasteiger partial charge in [-0.05, 0) is 73.0 Å². The van der Waals surface area contributed by atoms with Crippen molar-refractivity contribution in [2.45, 2.75) is 72.3 Å². The van der Waals surface area contributed by atoms with Crippen LogP contribution >= 0.6 is 0 Å². The summed E-state index contributed by atoms with van der Waals surface area (Å²) in [6.45, 7) is 10.00. The number of aliphatic hydroxyl groups is 1. The van der Waals surface area contributed by atoms with E-state index < -0.39 is 0 Å². The summed E-state index contributed by atoms with van der Waals surface area (Å²) in [6, 6.07) is 0. The molecule has 3 aliphatic carbocycles. The van der Waals surface area contributed by atoms with E-state index in [0.29, 0.717) is 10.8 Å². The highest BCUT2D eigenvalue weighted by atomic mass is 16.3. The van der Waals surface area contributed by atoms with E-state index in [4.69, 9.17) is 0 Å². The number of fused-ring (bicyclic) bond motifs is 2. The van der Waals surface area contributed by atoms with Crippen LogP contribution in [0, 0.1) is 34.5 Å². The summed E-state index contributed by atoms with van der Waals surface area (Å²) in [6.07, 6.45) is 7.72. The molecular formula is C17H30O. The zero-order valence-corrected chi connectivity index (χ0v) is 12.6. The maximum absolute atomic E-state index is 9.84. The van der Waals surface area contributed by atoms with Crippen molar-refractivity contribution in [3.05, 3.63) is 0 Å². The summed E-state index contributed by atoms with van der Waals surface area (Å²) < 4.78 is 0. The van der Waals surface area contributed by atoms with Crippen molar-refractivity contribution in [3.8, 4) is 0 Å². The number of rotatable bonds is 1. The van der Waals surface area contributed by atoms with Crippen LogP contribution in [0.4, 0.5) is 0 Å². The van der Waals surface area contributed by atoms with Gasteiger partial charge in [-0.1, -0.05) is 27.7 Å². The molecule has 1 N–H and O–H groups in total. The van der Waals surface area contributed by atoms with Crippen molar-refractivity contribution < 1.29 is 5.11 Å². The third kappa shape index (κ3) is 1.55. The van der Waals surface area contributed by atoms with Gasteiger partial charge >= 0.3 is 0 Å². The van der Waals surface area contributed by atoms with Crippen LogP contribution in [0.2, 0.25) is 0 Å². The predicted octanol–water partition coefficient (Wildman–Crippen LogP) is 4.25. The monoisotopic (exact) mass is 250 g/mol. The van der Waals surface area contributed by atoms with Gasteiger partial charge < -0.3 is 5.11 Å². The summed E-state index contributed by atoms with van der Waals surface area (Å²) in [4.78, 5) is 0. The fraction of sp³-hybridized carbons (Fsp3) is 1.00. The molecule has 3 rings (SSSR count). The molecule has 18 heavy (non-hydrogen) atoms. The van der Waals surface area contributed by atoms with Crippen molar-refractivity contribution in [1.82, 2.24) is 0 Å².